The van der Waals surface area contributed by atoms with E-state index in [2.05, 4.69) is 10.1 Å². The highest BCUT2D eigenvalue weighted by molar-refractivity contribution is 6.02. The average Bonchev–Trinajstić information content (AvgIpc) is 2.53. The summed E-state index contributed by atoms with van der Waals surface area (Å²) in [6.07, 6.45) is 2.42. The van der Waals surface area contributed by atoms with E-state index in [9.17, 15) is 18.0 Å². The summed E-state index contributed by atoms with van der Waals surface area (Å²) in [6.45, 7) is -3.03. The molecule has 0 unspecified atom stereocenters. The Hall–Kier alpha value is -2.96. The van der Waals surface area contributed by atoms with Crippen molar-refractivity contribution in [3.63, 3.8) is 0 Å². The maximum atomic E-state index is 13.1. The van der Waals surface area contributed by atoms with Gasteiger partial charge in [0.2, 0.25) is 5.91 Å². The number of nitrogens with one attached hydrogen (secondary N) is 1. The number of anilines is 1. The van der Waals surface area contributed by atoms with Gasteiger partial charge in [0.15, 0.2) is 11.5 Å². The van der Waals surface area contributed by atoms with Gasteiger partial charge in [-0.15, -0.1) is 0 Å². The van der Waals surface area contributed by atoms with Gasteiger partial charge in [-0.05, 0) is 30.3 Å². The summed E-state index contributed by atoms with van der Waals surface area (Å²) in [5.74, 6) is -1.10. The van der Waals surface area contributed by atoms with E-state index >= 15 is 0 Å². The minimum Gasteiger partial charge on any atom is -0.493 e. The number of ether oxygens (including phenoxy) is 2. The van der Waals surface area contributed by atoms with Crippen molar-refractivity contribution in [1.29, 1.82) is 0 Å². The molecule has 7 heteroatoms. The fourth-order valence-corrected chi connectivity index (χ4v) is 1.96. The number of benzene rings is 2. The van der Waals surface area contributed by atoms with Crippen molar-refractivity contribution in [2.45, 2.75) is 6.61 Å². The molecule has 2 rings (SSSR count). The second kappa shape index (κ2) is 8.05. The first-order valence-corrected chi connectivity index (χ1v) is 6.86. The Morgan fingerprint density at radius 1 is 1.21 bits per heavy atom. The number of halogens is 3. The molecular weight excluding hydrogens is 323 g/mol. The average molecular weight is 337 g/mol. The zero-order valence-electron chi connectivity index (χ0n) is 12.6. The van der Waals surface area contributed by atoms with E-state index in [4.69, 9.17) is 4.74 Å². The Kier molecular flexibility index (Phi) is 5.83. The van der Waals surface area contributed by atoms with E-state index in [-0.39, 0.29) is 22.7 Å². The second-order valence-electron chi connectivity index (χ2n) is 4.59. The van der Waals surface area contributed by atoms with Crippen LogP contribution in [0.3, 0.4) is 0 Å². The molecule has 0 saturated heterocycles. The van der Waals surface area contributed by atoms with Gasteiger partial charge in [-0.25, -0.2) is 4.39 Å². The number of carbonyl (C=O) groups excluding carboxylic acids is 1. The molecule has 0 heterocycles. The summed E-state index contributed by atoms with van der Waals surface area (Å²) in [6, 6.07) is 9.89. The fraction of sp³-hybridized carbons (Fsp3) is 0.118. The third-order valence-corrected chi connectivity index (χ3v) is 2.94. The Morgan fingerprint density at radius 2 is 1.96 bits per heavy atom. The molecule has 0 aliphatic heterocycles. The molecule has 0 bridgehead atoms. The maximum absolute atomic E-state index is 13.1. The van der Waals surface area contributed by atoms with Gasteiger partial charge in [-0.3, -0.25) is 4.79 Å². The molecular formula is C17H14F3NO3. The van der Waals surface area contributed by atoms with Crippen LogP contribution < -0.4 is 14.8 Å². The molecule has 0 fully saturated rings. The second-order valence-corrected chi connectivity index (χ2v) is 4.59. The van der Waals surface area contributed by atoms with Crippen LogP contribution in [0.2, 0.25) is 0 Å². The van der Waals surface area contributed by atoms with E-state index < -0.39 is 18.3 Å². The summed E-state index contributed by atoms with van der Waals surface area (Å²) >= 11 is 0. The molecule has 0 saturated carbocycles. The summed E-state index contributed by atoms with van der Waals surface area (Å²) in [5, 5.41) is 2.46. The molecule has 2 aromatic carbocycles. The van der Waals surface area contributed by atoms with Crippen LogP contribution in [0.5, 0.6) is 11.5 Å². The van der Waals surface area contributed by atoms with E-state index in [1.807, 2.05) is 0 Å². The zero-order valence-corrected chi connectivity index (χ0v) is 12.6. The van der Waals surface area contributed by atoms with E-state index in [0.29, 0.717) is 0 Å². The number of hydrogen-bond acceptors (Lipinski definition) is 3. The monoisotopic (exact) mass is 337 g/mol. The number of rotatable bonds is 6. The summed E-state index contributed by atoms with van der Waals surface area (Å²) in [5.41, 5.74) is 0.517. The van der Waals surface area contributed by atoms with Crippen LogP contribution in [0.4, 0.5) is 18.9 Å². The van der Waals surface area contributed by atoms with Gasteiger partial charge >= 0.3 is 6.61 Å². The molecule has 0 aliphatic carbocycles. The molecule has 24 heavy (non-hydrogen) atoms. The molecule has 1 amide bonds. The van der Waals surface area contributed by atoms with Gasteiger partial charge in [0.25, 0.3) is 0 Å². The van der Waals surface area contributed by atoms with Crippen molar-refractivity contribution >= 4 is 17.7 Å². The van der Waals surface area contributed by atoms with Crippen molar-refractivity contribution in [1.82, 2.24) is 0 Å². The lowest BCUT2D eigenvalue weighted by Gasteiger charge is -2.12. The van der Waals surface area contributed by atoms with Gasteiger partial charge in [0, 0.05) is 17.3 Å². The lowest BCUT2D eigenvalue weighted by Crippen LogP contribution is -2.08. The summed E-state index contributed by atoms with van der Waals surface area (Å²) in [4.78, 5) is 11.8. The minimum atomic E-state index is -3.03. The van der Waals surface area contributed by atoms with E-state index in [1.165, 1.54) is 43.5 Å². The van der Waals surface area contributed by atoms with Crippen LogP contribution in [-0.2, 0) is 4.79 Å². The first-order valence-electron chi connectivity index (χ1n) is 6.86. The number of hydrogen-bond donors (Lipinski definition) is 1. The van der Waals surface area contributed by atoms with Gasteiger partial charge in [-0.2, -0.15) is 8.78 Å². The van der Waals surface area contributed by atoms with Crippen LogP contribution in [0, 0.1) is 5.82 Å². The van der Waals surface area contributed by atoms with Crippen molar-refractivity contribution in [3.8, 4) is 11.5 Å². The fourth-order valence-electron chi connectivity index (χ4n) is 1.96. The van der Waals surface area contributed by atoms with Gasteiger partial charge in [0.1, 0.15) is 5.82 Å². The number of carbonyl (C=O) groups is 1. The molecule has 0 atom stereocenters. The quantitative estimate of drug-likeness (QED) is 0.808. The highest BCUT2D eigenvalue weighted by Gasteiger charge is 2.14. The van der Waals surface area contributed by atoms with Crippen LogP contribution >= 0.6 is 0 Å². The SMILES string of the molecule is COc1cccc(/C=C/C(=O)Nc2cccc(F)c2)c1OC(F)F. The van der Waals surface area contributed by atoms with Crippen molar-refractivity contribution in [3.05, 3.63) is 59.9 Å². The van der Waals surface area contributed by atoms with Gasteiger partial charge in [0.05, 0.1) is 7.11 Å². The molecule has 126 valence electrons. The first-order chi connectivity index (χ1) is 11.5. The molecule has 0 aromatic heterocycles. The minimum absolute atomic E-state index is 0.114. The molecule has 2 aromatic rings. The predicted molar refractivity (Wildman–Crippen MR) is 83.7 cm³/mol. The lowest BCUT2D eigenvalue weighted by molar-refractivity contribution is -0.111. The molecule has 0 aliphatic rings. The topological polar surface area (TPSA) is 47.6 Å². The lowest BCUT2D eigenvalue weighted by atomic mass is 10.1. The number of methoxy groups -OCH3 is 1. The molecule has 0 radical (unpaired) electrons. The highest BCUT2D eigenvalue weighted by Crippen LogP contribution is 2.33. The standard InChI is InChI=1S/C17H14F3NO3/c1-23-14-7-2-4-11(16(14)24-17(19)20)8-9-15(22)21-13-6-3-5-12(18)10-13/h2-10,17H,1H3,(H,21,22)/b9-8+. The highest BCUT2D eigenvalue weighted by atomic mass is 19.3. The van der Waals surface area contributed by atoms with E-state index in [0.717, 1.165) is 12.1 Å². The van der Waals surface area contributed by atoms with Gasteiger partial charge in [-0.1, -0.05) is 18.2 Å². The Labute approximate surface area is 136 Å². The van der Waals surface area contributed by atoms with Crippen LogP contribution in [-0.4, -0.2) is 19.6 Å². The Balaban J connectivity index is 2.17. The summed E-state index contributed by atoms with van der Waals surface area (Å²) in [7, 11) is 1.32. The molecule has 4 nitrogen and oxygen atoms in total. The van der Waals surface area contributed by atoms with Crippen LogP contribution in [0.1, 0.15) is 5.56 Å². The molecule has 1 N–H and O–H groups in total. The number of alkyl halides is 2. The van der Waals surface area contributed by atoms with Crippen LogP contribution in [0.15, 0.2) is 48.5 Å². The van der Waals surface area contributed by atoms with E-state index in [1.54, 1.807) is 6.07 Å². The maximum Gasteiger partial charge on any atom is 0.387 e. The predicted octanol–water partition coefficient (Wildman–Crippen LogP) is 4.09. The Bertz CT molecular complexity index is 748. The Morgan fingerprint density at radius 3 is 2.62 bits per heavy atom. The van der Waals surface area contributed by atoms with Crippen molar-refractivity contribution in [2.24, 2.45) is 0 Å². The summed E-state index contributed by atoms with van der Waals surface area (Å²) < 4.78 is 47.5. The number of para-hydroxylation sites is 1. The van der Waals surface area contributed by atoms with Crippen molar-refractivity contribution < 1.29 is 27.4 Å². The molecule has 0 spiro atoms. The van der Waals surface area contributed by atoms with Crippen molar-refractivity contribution in [2.75, 3.05) is 12.4 Å². The third kappa shape index (κ3) is 4.77. The smallest absolute Gasteiger partial charge is 0.387 e. The van der Waals surface area contributed by atoms with Crippen LogP contribution in [0.25, 0.3) is 6.08 Å². The normalized spacial score (nSPS) is 10.9. The third-order valence-electron chi connectivity index (χ3n) is 2.94. The van der Waals surface area contributed by atoms with Gasteiger partial charge < -0.3 is 14.8 Å². The largest absolute Gasteiger partial charge is 0.493 e. The first kappa shape index (κ1) is 17.4. The number of amides is 1. The zero-order chi connectivity index (χ0) is 17.5.